The molecule has 0 aliphatic rings. The van der Waals surface area contributed by atoms with Crippen LogP contribution >= 0.6 is 11.6 Å². The van der Waals surface area contributed by atoms with Gasteiger partial charge in [-0.2, -0.15) is 0 Å². The fraction of sp³-hybridized carbons (Fsp3) is 0.222. The van der Waals surface area contributed by atoms with Crippen molar-refractivity contribution in [2.75, 3.05) is 25.6 Å². The monoisotopic (exact) mass is 391 g/mol. The van der Waals surface area contributed by atoms with E-state index in [4.69, 9.17) is 16.3 Å². The quantitative estimate of drug-likeness (QED) is 0.408. The highest BCUT2D eigenvalue weighted by Gasteiger charge is 2.15. The summed E-state index contributed by atoms with van der Waals surface area (Å²) in [6, 6.07) is 10.4. The Bertz CT molecular complexity index is 839. The van der Waals surface area contributed by atoms with Crippen LogP contribution in [0, 0.1) is 10.1 Å². The predicted molar refractivity (Wildman–Crippen MR) is 101 cm³/mol. The SMILES string of the molecule is COCCNC(=O)Cc1ccc(NC(=O)c2ccc([N+](=O)[O-])cc2Cl)cc1. The number of non-ortho nitro benzene ring substituents is 1. The molecule has 9 heteroatoms. The third-order valence-corrected chi connectivity index (χ3v) is 3.93. The van der Waals surface area contributed by atoms with Gasteiger partial charge >= 0.3 is 0 Å². The fourth-order valence-corrected chi connectivity index (χ4v) is 2.51. The highest BCUT2D eigenvalue weighted by Crippen LogP contribution is 2.23. The molecule has 2 rings (SSSR count). The fourth-order valence-electron chi connectivity index (χ4n) is 2.25. The predicted octanol–water partition coefficient (Wildman–Crippen LogP) is 2.81. The lowest BCUT2D eigenvalue weighted by Gasteiger charge is -2.08. The first-order chi connectivity index (χ1) is 12.9. The number of nitrogens with zero attached hydrogens (tertiary/aromatic N) is 1. The Morgan fingerprint density at radius 3 is 2.48 bits per heavy atom. The van der Waals surface area contributed by atoms with Crippen molar-refractivity contribution in [1.29, 1.82) is 0 Å². The van der Waals surface area contributed by atoms with Crippen LogP contribution in [0.25, 0.3) is 0 Å². The zero-order chi connectivity index (χ0) is 19.8. The number of nitro benzene ring substituents is 1. The van der Waals surface area contributed by atoms with Crippen LogP contribution in [0.15, 0.2) is 42.5 Å². The van der Waals surface area contributed by atoms with E-state index in [2.05, 4.69) is 10.6 Å². The minimum atomic E-state index is -0.586. The summed E-state index contributed by atoms with van der Waals surface area (Å²) >= 11 is 5.95. The molecule has 0 bridgehead atoms. The minimum Gasteiger partial charge on any atom is -0.383 e. The molecule has 2 aromatic rings. The number of carbonyl (C=O) groups excluding carboxylic acids is 2. The van der Waals surface area contributed by atoms with Gasteiger partial charge in [-0.1, -0.05) is 23.7 Å². The lowest BCUT2D eigenvalue weighted by atomic mass is 10.1. The minimum absolute atomic E-state index is 0.00829. The molecule has 0 radical (unpaired) electrons. The van der Waals surface area contributed by atoms with Gasteiger partial charge in [0.05, 0.1) is 28.5 Å². The molecule has 2 N–H and O–H groups in total. The lowest BCUT2D eigenvalue weighted by molar-refractivity contribution is -0.384. The summed E-state index contributed by atoms with van der Waals surface area (Å²) in [5.74, 6) is -0.610. The smallest absolute Gasteiger partial charge is 0.270 e. The van der Waals surface area contributed by atoms with E-state index in [1.807, 2.05) is 0 Å². The Morgan fingerprint density at radius 1 is 1.19 bits per heavy atom. The van der Waals surface area contributed by atoms with Gasteiger partial charge in [0.25, 0.3) is 11.6 Å². The molecule has 2 aromatic carbocycles. The number of rotatable bonds is 8. The zero-order valence-corrected chi connectivity index (χ0v) is 15.3. The molecule has 0 unspecified atom stereocenters. The summed E-state index contributed by atoms with van der Waals surface area (Å²) < 4.78 is 4.86. The Morgan fingerprint density at radius 2 is 1.89 bits per heavy atom. The van der Waals surface area contributed by atoms with Crippen LogP contribution in [0.2, 0.25) is 5.02 Å². The van der Waals surface area contributed by atoms with Crippen molar-refractivity contribution in [3.05, 3.63) is 68.7 Å². The topological polar surface area (TPSA) is 111 Å². The van der Waals surface area contributed by atoms with Gasteiger partial charge in [-0.3, -0.25) is 19.7 Å². The Balaban J connectivity index is 1.97. The lowest BCUT2D eigenvalue weighted by Crippen LogP contribution is -2.28. The normalized spacial score (nSPS) is 10.3. The van der Waals surface area contributed by atoms with Gasteiger partial charge in [0.2, 0.25) is 5.91 Å². The molecule has 0 aliphatic heterocycles. The van der Waals surface area contributed by atoms with Crippen molar-refractivity contribution < 1.29 is 19.2 Å². The average Bonchev–Trinajstić information content (AvgIpc) is 2.63. The summed E-state index contributed by atoms with van der Waals surface area (Å²) in [5, 5.41) is 16.1. The maximum Gasteiger partial charge on any atom is 0.270 e. The maximum absolute atomic E-state index is 12.3. The summed E-state index contributed by atoms with van der Waals surface area (Å²) in [6.45, 7) is 0.890. The van der Waals surface area contributed by atoms with Crippen LogP contribution in [0.3, 0.4) is 0 Å². The molecule has 142 valence electrons. The summed E-state index contributed by atoms with van der Waals surface area (Å²) in [4.78, 5) is 34.2. The van der Waals surface area contributed by atoms with Gasteiger partial charge in [-0.25, -0.2) is 0 Å². The van der Waals surface area contributed by atoms with E-state index in [1.54, 1.807) is 31.4 Å². The average molecular weight is 392 g/mol. The van der Waals surface area contributed by atoms with Crippen LogP contribution in [0.1, 0.15) is 15.9 Å². The number of nitro groups is 1. The van der Waals surface area contributed by atoms with Crippen molar-refractivity contribution in [3.63, 3.8) is 0 Å². The first-order valence-electron chi connectivity index (χ1n) is 8.00. The van der Waals surface area contributed by atoms with E-state index in [9.17, 15) is 19.7 Å². The van der Waals surface area contributed by atoms with Crippen LogP contribution < -0.4 is 10.6 Å². The highest BCUT2D eigenvalue weighted by atomic mass is 35.5. The maximum atomic E-state index is 12.3. The number of amides is 2. The summed E-state index contributed by atoms with van der Waals surface area (Å²) in [6.07, 6.45) is 0.214. The van der Waals surface area contributed by atoms with Crippen LogP contribution in [-0.2, 0) is 16.0 Å². The Hall–Kier alpha value is -2.97. The van der Waals surface area contributed by atoms with Crippen molar-refractivity contribution in [2.45, 2.75) is 6.42 Å². The Kier molecular flexibility index (Phi) is 7.27. The van der Waals surface area contributed by atoms with E-state index >= 15 is 0 Å². The first kappa shape index (κ1) is 20.3. The van der Waals surface area contributed by atoms with Gasteiger partial charge in [0.15, 0.2) is 0 Å². The van der Waals surface area contributed by atoms with E-state index in [-0.39, 0.29) is 28.6 Å². The second-order valence-corrected chi connectivity index (χ2v) is 6.00. The number of ether oxygens (including phenoxy) is 1. The van der Waals surface area contributed by atoms with Crippen molar-refractivity contribution in [3.8, 4) is 0 Å². The van der Waals surface area contributed by atoms with Gasteiger partial charge in [-0.05, 0) is 23.8 Å². The number of methoxy groups -OCH3 is 1. The molecule has 0 spiro atoms. The third-order valence-electron chi connectivity index (χ3n) is 3.61. The second-order valence-electron chi connectivity index (χ2n) is 5.59. The van der Waals surface area contributed by atoms with E-state index < -0.39 is 10.8 Å². The van der Waals surface area contributed by atoms with Crippen molar-refractivity contribution in [2.24, 2.45) is 0 Å². The molecule has 27 heavy (non-hydrogen) atoms. The van der Waals surface area contributed by atoms with E-state index in [1.165, 1.54) is 12.1 Å². The standard InChI is InChI=1S/C18H18ClN3O5/c1-27-9-8-20-17(23)10-12-2-4-13(5-3-12)21-18(24)15-7-6-14(22(25)26)11-16(15)19/h2-7,11H,8-10H2,1H3,(H,20,23)(H,21,24). The molecule has 8 nitrogen and oxygen atoms in total. The largest absolute Gasteiger partial charge is 0.383 e. The van der Waals surface area contributed by atoms with Crippen LogP contribution in [-0.4, -0.2) is 37.0 Å². The van der Waals surface area contributed by atoms with Crippen molar-refractivity contribution >= 4 is 34.8 Å². The Labute approximate surface area is 160 Å². The van der Waals surface area contributed by atoms with Crippen LogP contribution in [0.4, 0.5) is 11.4 Å². The molecule has 2 amide bonds. The second kappa shape index (κ2) is 9.65. The van der Waals surface area contributed by atoms with Gasteiger partial charge in [-0.15, -0.1) is 0 Å². The molecule has 0 aromatic heterocycles. The molecule has 0 saturated heterocycles. The number of hydrogen-bond donors (Lipinski definition) is 2. The molecule has 0 heterocycles. The number of anilines is 1. The van der Waals surface area contributed by atoms with Crippen LogP contribution in [0.5, 0.6) is 0 Å². The highest BCUT2D eigenvalue weighted by molar-refractivity contribution is 6.34. The molecular weight excluding hydrogens is 374 g/mol. The molecule has 0 saturated carbocycles. The number of nitrogens with one attached hydrogen (secondary N) is 2. The summed E-state index contributed by atoms with van der Waals surface area (Å²) in [7, 11) is 1.56. The van der Waals surface area contributed by atoms with E-state index in [0.717, 1.165) is 11.6 Å². The number of hydrogen-bond acceptors (Lipinski definition) is 5. The summed E-state index contributed by atoms with van der Waals surface area (Å²) in [5.41, 5.74) is 1.24. The first-order valence-corrected chi connectivity index (χ1v) is 8.38. The van der Waals surface area contributed by atoms with Gasteiger partial charge in [0.1, 0.15) is 0 Å². The van der Waals surface area contributed by atoms with Crippen molar-refractivity contribution in [1.82, 2.24) is 5.32 Å². The number of halogens is 1. The number of benzene rings is 2. The zero-order valence-electron chi connectivity index (χ0n) is 14.5. The van der Waals surface area contributed by atoms with Gasteiger partial charge in [0, 0.05) is 31.5 Å². The molecule has 0 aliphatic carbocycles. The third kappa shape index (κ3) is 6.05. The number of carbonyl (C=O) groups is 2. The molecule has 0 fully saturated rings. The molecule has 0 atom stereocenters. The van der Waals surface area contributed by atoms with E-state index in [0.29, 0.717) is 18.8 Å². The molecular formula is C18H18ClN3O5. The van der Waals surface area contributed by atoms with Gasteiger partial charge < -0.3 is 15.4 Å².